The molecule has 0 aliphatic rings. The molecular weight excluding hydrogens is 530 g/mol. The normalized spacial score (nSPS) is 11.4. The van der Waals surface area contributed by atoms with Crippen molar-refractivity contribution in [3.63, 3.8) is 0 Å². The Hall–Kier alpha value is -4.97. The maximum Gasteiger partial charge on any atom is 0.326 e. The molecule has 0 unspecified atom stereocenters. The Morgan fingerprint density at radius 1 is 1.10 bits per heavy atom. The van der Waals surface area contributed by atoms with Crippen molar-refractivity contribution in [2.75, 3.05) is 22.8 Å². The summed E-state index contributed by atoms with van der Waals surface area (Å²) < 4.78 is 36.0. The van der Waals surface area contributed by atoms with Crippen molar-refractivity contribution in [3.8, 4) is 0 Å². The summed E-state index contributed by atoms with van der Waals surface area (Å²) >= 11 is 0. The summed E-state index contributed by atoms with van der Waals surface area (Å²) in [7, 11) is -2.40. The number of nitrogens with one attached hydrogen (secondary N) is 2. The molecule has 204 valence electrons. The first-order valence-electron chi connectivity index (χ1n) is 12.4. The molecule has 5 aromatic rings. The average molecular weight is 558 g/mol. The first-order chi connectivity index (χ1) is 19.2. The number of aryl methyl sites for hydroxylation is 1. The van der Waals surface area contributed by atoms with Crippen LogP contribution in [-0.4, -0.2) is 47.9 Å². The van der Waals surface area contributed by atoms with E-state index < -0.39 is 22.5 Å². The number of nitrogens with zero attached hydrogens (tertiary/aromatic N) is 4. The number of anilines is 3. The topological polar surface area (TPSA) is 156 Å². The summed E-state index contributed by atoms with van der Waals surface area (Å²) in [6.45, 7) is 1.25. The van der Waals surface area contributed by atoms with Crippen LogP contribution in [0.4, 0.5) is 17.3 Å². The molecular formula is C28H27N7O4S. The smallest absolute Gasteiger partial charge is 0.326 e. The van der Waals surface area contributed by atoms with Crippen LogP contribution in [0.15, 0.2) is 83.9 Å². The lowest BCUT2D eigenvalue weighted by molar-refractivity contribution is -0.141. The van der Waals surface area contributed by atoms with E-state index in [1.54, 1.807) is 73.7 Å². The van der Waals surface area contributed by atoms with Crippen LogP contribution >= 0.6 is 0 Å². The Morgan fingerprint density at radius 3 is 2.58 bits per heavy atom. The predicted octanol–water partition coefficient (Wildman–Crippen LogP) is 3.91. The lowest BCUT2D eigenvalue weighted by Gasteiger charge is -2.24. The first-order valence-corrected chi connectivity index (χ1v) is 13.8. The van der Waals surface area contributed by atoms with Gasteiger partial charge in [0.1, 0.15) is 17.3 Å². The van der Waals surface area contributed by atoms with Crippen LogP contribution in [0.2, 0.25) is 0 Å². The minimum absolute atomic E-state index is 0.0209. The molecule has 0 radical (unpaired) electrons. The molecule has 4 N–H and O–H groups in total. The van der Waals surface area contributed by atoms with E-state index in [2.05, 4.69) is 15.3 Å². The molecule has 0 aliphatic heterocycles. The number of hydrogen-bond donors (Lipinski definition) is 3. The number of amidine groups is 1. The highest BCUT2D eigenvalue weighted by Gasteiger charge is 2.30. The predicted molar refractivity (Wildman–Crippen MR) is 154 cm³/mol. The van der Waals surface area contributed by atoms with Gasteiger partial charge in [0.15, 0.2) is 0 Å². The number of fused-ring (bicyclic) bond motifs is 2. The lowest BCUT2D eigenvalue weighted by Crippen LogP contribution is -2.36. The zero-order valence-electron chi connectivity index (χ0n) is 21.8. The molecule has 0 aliphatic carbocycles. The van der Waals surface area contributed by atoms with Crippen molar-refractivity contribution in [1.82, 2.24) is 14.5 Å². The molecule has 0 saturated carbocycles. The van der Waals surface area contributed by atoms with Crippen molar-refractivity contribution < 1.29 is 17.9 Å². The fraction of sp³-hybridized carbons (Fsp3) is 0.143. The van der Waals surface area contributed by atoms with Gasteiger partial charge in [0.25, 0.3) is 10.0 Å². The van der Waals surface area contributed by atoms with Crippen LogP contribution in [0.25, 0.3) is 21.9 Å². The van der Waals surface area contributed by atoms with Gasteiger partial charge >= 0.3 is 5.97 Å². The summed E-state index contributed by atoms with van der Waals surface area (Å²) in [5.74, 6) is -0.194. The summed E-state index contributed by atoms with van der Waals surface area (Å²) in [5, 5.41) is 11.4. The summed E-state index contributed by atoms with van der Waals surface area (Å²) in [6.07, 6.45) is 1.53. The van der Waals surface area contributed by atoms with Gasteiger partial charge < -0.3 is 20.4 Å². The number of hydrogen-bond acceptors (Lipinski definition) is 8. The summed E-state index contributed by atoms with van der Waals surface area (Å²) in [6, 6.07) is 20.4. The monoisotopic (exact) mass is 557 g/mol. The standard InChI is InChI=1S/C28H27N7O4S/c1-3-39-25(36)17-35(40(37,38)24-8-4-6-18-7-5-15-31-26(18)24)21-13-14-23-22(16-21)33-28(34(23)2)32-20-11-9-19(10-12-20)27(29)30/h4-16H,3,17H2,1-2H3,(H3,29,30)(H,32,33). The molecule has 0 saturated heterocycles. The van der Waals surface area contributed by atoms with Crippen molar-refractivity contribution >= 4 is 61.1 Å². The number of benzene rings is 3. The average Bonchev–Trinajstić information content (AvgIpc) is 3.25. The van der Waals surface area contributed by atoms with Crippen LogP contribution in [0, 0.1) is 5.41 Å². The molecule has 5 rings (SSSR count). The Bertz CT molecular complexity index is 1850. The number of imidazole rings is 1. The van der Waals surface area contributed by atoms with Gasteiger partial charge in [-0.25, -0.2) is 13.4 Å². The summed E-state index contributed by atoms with van der Waals surface area (Å²) in [5.41, 5.74) is 8.69. The third-order valence-corrected chi connectivity index (χ3v) is 8.15. The van der Waals surface area contributed by atoms with Crippen LogP contribution in [0.5, 0.6) is 0 Å². The van der Waals surface area contributed by atoms with Crippen LogP contribution in [0.1, 0.15) is 12.5 Å². The van der Waals surface area contributed by atoms with E-state index in [9.17, 15) is 13.2 Å². The highest BCUT2D eigenvalue weighted by Crippen LogP contribution is 2.31. The first kappa shape index (κ1) is 26.6. The van der Waals surface area contributed by atoms with Crippen LogP contribution in [-0.2, 0) is 26.6 Å². The highest BCUT2D eigenvalue weighted by molar-refractivity contribution is 7.93. The Kier molecular flexibility index (Phi) is 7.09. The summed E-state index contributed by atoms with van der Waals surface area (Å²) in [4.78, 5) is 21.5. The third kappa shape index (κ3) is 5.04. The van der Waals surface area contributed by atoms with Gasteiger partial charge in [-0.1, -0.05) is 18.2 Å². The molecule has 2 heterocycles. The molecule has 3 aromatic carbocycles. The molecule has 0 spiro atoms. The van der Waals surface area contributed by atoms with E-state index >= 15 is 0 Å². The van der Waals surface area contributed by atoms with Crippen molar-refractivity contribution in [2.24, 2.45) is 12.8 Å². The molecule has 40 heavy (non-hydrogen) atoms. The van der Waals surface area contributed by atoms with Gasteiger partial charge in [-0.05, 0) is 61.5 Å². The second-order valence-corrected chi connectivity index (χ2v) is 10.8. The number of pyridine rings is 1. The minimum Gasteiger partial charge on any atom is -0.465 e. The molecule has 0 bridgehead atoms. The number of carbonyl (C=O) groups is 1. The molecule has 0 amide bonds. The number of ether oxygens (including phenoxy) is 1. The third-order valence-electron chi connectivity index (χ3n) is 6.35. The second kappa shape index (κ2) is 10.7. The van der Waals surface area contributed by atoms with Crippen molar-refractivity contribution in [2.45, 2.75) is 11.8 Å². The molecule has 0 fully saturated rings. The zero-order chi connectivity index (χ0) is 28.4. The van der Waals surface area contributed by atoms with Gasteiger partial charge in [-0.3, -0.25) is 19.5 Å². The minimum atomic E-state index is -4.23. The number of nitrogen functional groups attached to an aromatic ring is 1. The molecule has 12 heteroatoms. The Labute approximate surface area is 230 Å². The number of esters is 1. The molecule has 11 nitrogen and oxygen atoms in total. The van der Waals surface area contributed by atoms with Gasteiger partial charge in [-0.15, -0.1) is 0 Å². The number of sulfonamides is 1. The van der Waals surface area contributed by atoms with Crippen LogP contribution in [0.3, 0.4) is 0 Å². The van der Waals surface area contributed by atoms with E-state index in [0.29, 0.717) is 27.9 Å². The van der Waals surface area contributed by atoms with E-state index in [0.717, 1.165) is 15.5 Å². The highest BCUT2D eigenvalue weighted by atomic mass is 32.2. The number of para-hydroxylation sites is 1. The second-order valence-electron chi connectivity index (χ2n) is 8.93. The Balaban J connectivity index is 1.56. The van der Waals surface area contributed by atoms with Crippen molar-refractivity contribution in [1.29, 1.82) is 5.41 Å². The number of aromatic nitrogens is 3. The van der Waals surface area contributed by atoms with Crippen LogP contribution < -0.4 is 15.4 Å². The van der Waals surface area contributed by atoms with Gasteiger partial charge in [0.05, 0.1) is 28.8 Å². The molecule has 2 aromatic heterocycles. The SMILES string of the molecule is CCOC(=O)CN(c1ccc2c(c1)nc(Nc1ccc(C(=N)N)cc1)n2C)S(=O)(=O)c1cccc2cccnc12. The quantitative estimate of drug-likeness (QED) is 0.140. The fourth-order valence-electron chi connectivity index (χ4n) is 4.36. The van der Waals surface area contributed by atoms with E-state index in [-0.39, 0.29) is 23.0 Å². The number of carbonyl (C=O) groups excluding carboxylic acids is 1. The molecule has 0 atom stereocenters. The van der Waals surface area contributed by atoms with E-state index in [1.807, 2.05) is 11.6 Å². The van der Waals surface area contributed by atoms with E-state index in [4.69, 9.17) is 15.9 Å². The fourth-order valence-corrected chi connectivity index (χ4v) is 5.93. The van der Waals surface area contributed by atoms with Gasteiger partial charge in [0, 0.05) is 29.9 Å². The zero-order valence-corrected chi connectivity index (χ0v) is 22.6. The van der Waals surface area contributed by atoms with Gasteiger partial charge in [0.2, 0.25) is 5.95 Å². The largest absolute Gasteiger partial charge is 0.465 e. The maximum absolute atomic E-state index is 14.0. The van der Waals surface area contributed by atoms with E-state index in [1.165, 1.54) is 12.3 Å². The number of nitrogens with two attached hydrogens (primary N) is 1. The maximum atomic E-state index is 14.0. The lowest BCUT2D eigenvalue weighted by atomic mass is 10.2. The number of rotatable bonds is 9. The van der Waals surface area contributed by atoms with Crippen molar-refractivity contribution in [3.05, 3.63) is 84.6 Å². The van der Waals surface area contributed by atoms with Gasteiger partial charge in [-0.2, -0.15) is 0 Å². The Morgan fingerprint density at radius 2 is 1.85 bits per heavy atom.